The molecule has 7 heteroatoms. The van der Waals surface area contributed by atoms with E-state index in [-0.39, 0.29) is 0 Å². The first-order chi connectivity index (χ1) is 6.39. The van der Waals surface area contributed by atoms with Crippen LogP contribution in [0.1, 0.15) is 6.42 Å². The average molecular weight is 213 g/mol. The van der Waals surface area contributed by atoms with Gasteiger partial charge in [-0.3, -0.25) is 0 Å². The van der Waals surface area contributed by atoms with Gasteiger partial charge in [0.15, 0.2) is 0 Å². The fourth-order valence-corrected chi connectivity index (χ4v) is 1.24. The maximum atomic E-state index is 10.6. The fraction of sp³-hybridized carbons (Fsp3) is 0.857. The monoisotopic (exact) mass is 213 g/mol. The predicted molar refractivity (Wildman–Crippen MR) is 39.8 cm³/mol. The zero-order valence-electron chi connectivity index (χ0n) is 7.17. The van der Waals surface area contributed by atoms with Crippen LogP contribution in [0, 0.1) is 0 Å². The van der Waals surface area contributed by atoms with Crippen molar-refractivity contribution in [3.8, 4) is 0 Å². The molecule has 4 nitrogen and oxygen atoms in total. The van der Waals surface area contributed by atoms with Gasteiger partial charge in [0.05, 0.1) is 13.2 Å². The Bertz CT molecular complexity index is 199. The number of rotatable bonds is 0. The predicted octanol–water partition coefficient (Wildman–Crippen LogP) is 0.380. The highest BCUT2D eigenvalue weighted by Crippen LogP contribution is 2.17. The summed E-state index contributed by atoms with van der Waals surface area (Å²) in [6, 6.07) is 1.41. The molecule has 2 bridgehead atoms. The maximum absolute atomic E-state index is 10.6. The van der Waals surface area contributed by atoms with E-state index in [1.165, 1.54) is 6.42 Å². The second-order valence-electron chi connectivity index (χ2n) is 3.14. The summed E-state index contributed by atoms with van der Waals surface area (Å²) in [5.74, 6) is -2.76. The van der Waals surface area contributed by atoms with Gasteiger partial charge < -0.3 is 15.2 Å². The molecule has 2 N–H and O–H groups in total. The van der Waals surface area contributed by atoms with Gasteiger partial charge in [0.25, 0.3) is 0 Å². The number of hydrogen-bond acceptors (Lipinski definition) is 3. The molecule has 0 aromatic carbocycles. The molecule has 0 saturated carbocycles. The molecular weight excluding hydrogens is 203 g/mol. The Balaban J connectivity index is 0.000000140. The molecule has 0 aliphatic carbocycles. The number of aliphatic carboxylic acids is 1. The van der Waals surface area contributed by atoms with Gasteiger partial charge >= 0.3 is 12.1 Å². The van der Waals surface area contributed by atoms with Gasteiger partial charge in [-0.15, -0.1) is 0 Å². The van der Waals surface area contributed by atoms with Gasteiger partial charge in [-0.25, -0.2) is 4.79 Å². The van der Waals surface area contributed by atoms with E-state index in [0.29, 0.717) is 12.1 Å². The van der Waals surface area contributed by atoms with Crippen molar-refractivity contribution in [3.63, 3.8) is 0 Å². The minimum atomic E-state index is -5.08. The molecule has 2 unspecified atom stereocenters. The van der Waals surface area contributed by atoms with Crippen LogP contribution in [-0.4, -0.2) is 42.5 Å². The van der Waals surface area contributed by atoms with Crippen molar-refractivity contribution in [3.05, 3.63) is 0 Å². The van der Waals surface area contributed by atoms with Gasteiger partial charge in [-0.05, 0) is 6.42 Å². The van der Waals surface area contributed by atoms with Crippen molar-refractivity contribution in [2.24, 2.45) is 0 Å². The van der Waals surface area contributed by atoms with Crippen LogP contribution in [0.4, 0.5) is 13.2 Å². The Labute approximate surface area is 78.0 Å². The maximum Gasteiger partial charge on any atom is 0.490 e. The molecule has 0 radical (unpaired) electrons. The molecule has 3 fully saturated rings. The van der Waals surface area contributed by atoms with Crippen LogP contribution in [0.25, 0.3) is 0 Å². The number of halogens is 3. The summed E-state index contributed by atoms with van der Waals surface area (Å²) in [6.07, 6.45) is -3.74. The van der Waals surface area contributed by atoms with E-state index >= 15 is 0 Å². The number of fused-ring (bicyclic) bond motifs is 2. The standard InChI is InChI=1S/C5H9NO.C2HF3O2/c1-4-2-7-3-5(1)6-4;3-2(4,5)1(6)7/h4-6H,1-3H2;(H,6,7). The number of alkyl halides is 3. The lowest BCUT2D eigenvalue weighted by Crippen LogP contribution is -2.60. The molecule has 0 spiro atoms. The van der Waals surface area contributed by atoms with Crippen LogP contribution >= 0.6 is 0 Å². The van der Waals surface area contributed by atoms with Crippen molar-refractivity contribution < 1.29 is 27.8 Å². The van der Waals surface area contributed by atoms with Gasteiger partial charge in [0, 0.05) is 12.1 Å². The van der Waals surface area contributed by atoms with Crippen molar-refractivity contribution >= 4 is 5.97 Å². The largest absolute Gasteiger partial charge is 0.490 e. The Kier molecular flexibility index (Phi) is 3.33. The zero-order valence-corrected chi connectivity index (χ0v) is 7.17. The molecule has 3 rings (SSSR count). The molecule has 3 saturated heterocycles. The van der Waals surface area contributed by atoms with E-state index in [2.05, 4.69) is 5.32 Å². The van der Waals surface area contributed by atoms with E-state index < -0.39 is 12.1 Å². The molecule has 2 atom stereocenters. The average Bonchev–Trinajstić information content (AvgIpc) is 2.03. The van der Waals surface area contributed by atoms with Crippen LogP contribution in [0.5, 0.6) is 0 Å². The summed E-state index contributed by atoms with van der Waals surface area (Å²) in [6.45, 7) is 1.88. The Hall–Kier alpha value is -0.820. The second-order valence-corrected chi connectivity index (χ2v) is 3.14. The molecule has 3 aliphatic heterocycles. The summed E-state index contributed by atoms with van der Waals surface area (Å²) in [4.78, 5) is 8.90. The van der Waals surface area contributed by atoms with Gasteiger partial charge in [0.1, 0.15) is 0 Å². The minimum absolute atomic E-state index is 0.707. The molecule has 3 heterocycles. The molecular formula is C7H10F3NO3. The van der Waals surface area contributed by atoms with Crippen LogP contribution < -0.4 is 5.32 Å². The molecule has 0 aromatic rings. The van der Waals surface area contributed by atoms with E-state index in [0.717, 1.165) is 13.2 Å². The van der Waals surface area contributed by atoms with Crippen molar-refractivity contribution in [2.75, 3.05) is 13.2 Å². The summed E-state index contributed by atoms with van der Waals surface area (Å²) < 4.78 is 36.9. The number of nitrogens with one attached hydrogen (secondary N) is 1. The first kappa shape index (κ1) is 11.3. The van der Waals surface area contributed by atoms with Gasteiger partial charge in [0.2, 0.25) is 0 Å². The lowest BCUT2D eigenvalue weighted by molar-refractivity contribution is -0.192. The summed E-state index contributed by atoms with van der Waals surface area (Å²) in [7, 11) is 0. The number of carboxylic acid groups (broad SMARTS) is 1. The number of ether oxygens (including phenoxy) is 1. The third kappa shape index (κ3) is 3.15. The lowest BCUT2D eigenvalue weighted by Gasteiger charge is -2.42. The highest BCUT2D eigenvalue weighted by Gasteiger charge is 2.38. The smallest absolute Gasteiger partial charge is 0.475 e. The molecule has 0 aromatic heterocycles. The van der Waals surface area contributed by atoms with Crippen LogP contribution in [0.3, 0.4) is 0 Å². The minimum Gasteiger partial charge on any atom is -0.475 e. The number of carboxylic acids is 1. The fourth-order valence-electron chi connectivity index (χ4n) is 1.24. The quantitative estimate of drug-likeness (QED) is 0.610. The van der Waals surface area contributed by atoms with E-state index in [9.17, 15) is 13.2 Å². The SMILES string of the molecule is C1OCC2CC1N2.O=C(O)C(F)(F)F. The van der Waals surface area contributed by atoms with Crippen LogP contribution in [0.15, 0.2) is 0 Å². The van der Waals surface area contributed by atoms with Crippen molar-refractivity contribution in [2.45, 2.75) is 24.7 Å². The van der Waals surface area contributed by atoms with Crippen molar-refractivity contribution in [1.82, 2.24) is 5.32 Å². The molecule has 82 valence electrons. The zero-order chi connectivity index (χ0) is 10.8. The number of hydrogen-bond donors (Lipinski definition) is 2. The number of carbonyl (C=O) groups is 1. The molecule has 0 amide bonds. The second kappa shape index (κ2) is 4.14. The van der Waals surface area contributed by atoms with Crippen LogP contribution in [0.2, 0.25) is 0 Å². The summed E-state index contributed by atoms with van der Waals surface area (Å²) in [5.41, 5.74) is 0. The Morgan fingerprint density at radius 2 is 1.71 bits per heavy atom. The normalized spacial score (nSPS) is 29.6. The van der Waals surface area contributed by atoms with Crippen LogP contribution in [-0.2, 0) is 9.53 Å². The van der Waals surface area contributed by atoms with Gasteiger partial charge in [-0.2, -0.15) is 13.2 Å². The molecule has 3 aliphatic rings. The lowest BCUT2D eigenvalue weighted by atomic mass is 9.96. The third-order valence-electron chi connectivity index (χ3n) is 1.92. The first-order valence-corrected chi connectivity index (χ1v) is 4.03. The Morgan fingerprint density at radius 3 is 1.79 bits per heavy atom. The number of morpholine rings is 1. The van der Waals surface area contributed by atoms with E-state index in [4.69, 9.17) is 14.6 Å². The van der Waals surface area contributed by atoms with E-state index in [1.807, 2.05) is 0 Å². The first-order valence-electron chi connectivity index (χ1n) is 4.03. The van der Waals surface area contributed by atoms with E-state index in [1.54, 1.807) is 0 Å². The summed E-state index contributed by atoms with van der Waals surface area (Å²) in [5, 5.41) is 10.5. The third-order valence-corrected chi connectivity index (χ3v) is 1.92. The van der Waals surface area contributed by atoms with Gasteiger partial charge in [-0.1, -0.05) is 0 Å². The summed E-state index contributed by atoms with van der Waals surface area (Å²) >= 11 is 0. The molecule has 14 heavy (non-hydrogen) atoms. The van der Waals surface area contributed by atoms with Crippen molar-refractivity contribution in [1.29, 1.82) is 0 Å². The Morgan fingerprint density at radius 1 is 1.36 bits per heavy atom. The topological polar surface area (TPSA) is 58.6 Å². The highest BCUT2D eigenvalue weighted by atomic mass is 19.4. The highest BCUT2D eigenvalue weighted by molar-refractivity contribution is 5.73.